The number of carbonyl (C=O) groups is 1. The second kappa shape index (κ2) is 4.45. The summed E-state index contributed by atoms with van der Waals surface area (Å²) in [6.45, 7) is 5.76. The molecule has 3 nitrogen and oxygen atoms in total. The molecule has 1 saturated carbocycles. The topological polar surface area (TPSA) is 33.5 Å². The molecule has 98 valence electrons. The predicted octanol–water partition coefficient (Wildman–Crippen LogP) is 3.16. The van der Waals surface area contributed by atoms with Crippen molar-refractivity contribution in [3.8, 4) is 0 Å². The maximum Gasteiger partial charge on any atom is 0.289 e. The van der Waals surface area contributed by atoms with Crippen molar-refractivity contribution in [1.82, 2.24) is 4.90 Å². The monoisotopic (exact) mass is 247 g/mol. The molecule has 1 aromatic rings. The third kappa shape index (κ3) is 1.96. The predicted molar refractivity (Wildman–Crippen MR) is 69.5 cm³/mol. The van der Waals surface area contributed by atoms with Gasteiger partial charge in [0.1, 0.15) is 5.76 Å². The third-order valence-corrected chi connectivity index (χ3v) is 4.64. The van der Waals surface area contributed by atoms with E-state index in [2.05, 4.69) is 0 Å². The SMILES string of the molecule is Cc1cc(C(=O)N2CC3CCCCC3C2)oc1C. The average Bonchev–Trinajstić information content (AvgIpc) is 2.93. The number of furan rings is 1. The summed E-state index contributed by atoms with van der Waals surface area (Å²) in [7, 11) is 0. The lowest BCUT2D eigenvalue weighted by atomic mass is 9.82. The highest BCUT2D eigenvalue weighted by Crippen LogP contribution is 2.36. The number of aryl methyl sites for hydroxylation is 2. The van der Waals surface area contributed by atoms with Gasteiger partial charge in [-0.2, -0.15) is 0 Å². The normalized spacial score (nSPS) is 27.3. The Morgan fingerprint density at radius 2 is 1.83 bits per heavy atom. The summed E-state index contributed by atoms with van der Waals surface area (Å²) in [6.07, 6.45) is 5.26. The number of nitrogens with zero attached hydrogens (tertiary/aromatic N) is 1. The van der Waals surface area contributed by atoms with Gasteiger partial charge in [-0.15, -0.1) is 0 Å². The standard InChI is InChI=1S/C15H21NO2/c1-10-7-14(18-11(10)2)15(17)16-8-12-5-3-4-6-13(12)9-16/h7,12-13H,3-6,8-9H2,1-2H3. The van der Waals surface area contributed by atoms with E-state index in [0.29, 0.717) is 5.76 Å². The Morgan fingerprint density at radius 1 is 1.22 bits per heavy atom. The minimum atomic E-state index is 0.0839. The maximum atomic E-state index is 12.4. The molecule has 0 aromatic carbocycles. The van der Waals surface area contributed by atoms with Gasteiger partial charge in [0.15, 0.2) is 5.76 Å². The van der Waals surface area contributed by atoms with Crippen molar-refractivity contribution in [3.63, 3.8) is 0 Å². The Hall–Kier alpha value is -1.25. The number of likely N-dealkylation sites (tertiary alicyclic amines) is 1. The van der Waals surface area contributed by atoms with E-state index in [1.54, 1.807) is 0 Å². The van der Waals surface area contributed by atoms with E-state index in [0.717, 1.165) is 36.2 Å². The van der Waals surface area contributed by atoms with Gasteiger partial charge in [0.25, 0.3) is 5.91 Å². The van der Waals surface area contributed by atoms with Gasteiger partial charge in [0, 0.05) is 13.1 Å². The molecule has 2 aliphatic rings. The molecule has 0 bridgehead atoms. The van der Waals surface area contributed by atoms with Crippen LogP contribution in [-0.2, 0) is 0 Å². The zero-order chi connectivity index (χ0) is 12.7. The third-order valence-electron chi connectivity index (χ3n) is 4.64. The lowest BCUT2D eigenvalue weighted by molar-refractivity contribution is 0.0751. The highest BCUT2D eigenvalue weighted by Gasteiger charge is 2.37. The van der Waals surface area contributed by atoms with Crippen molar-refractivity contribution in [2.45, 2.75) is 39.5 Å². The molecule has 1 aliphatic carbocycles. The van der Waals surface area contributed by atoms with Crippen molar-refractivity contribution in [2.24, 2.45) is 11.8 Å². The largest absolute Gasteiger partial charge is 0.456 e. The molecular weight excluding hydrogens is 226 g/mol. The van der Waals surface area contributed by atoms with Crippen LogP contribution in [0.15, 0.2) is 10.5 Å². The van der Waals surface area contributed by atoms with Crippen molar-refractivity contribution in [3.05, 3.63) is 23.2 Å². The van der Waals surface area contributed by atoms with Crippen molar-refractivity contribution < 1.29 is 9.21 Å². The first kappa shape index (κ1) is 11.8. The maximum absolute atomic E-state index is 12.4. The molecule has 2 unspecified atom stereocenters. The van der Waals surface area contributed by atoms with E-state index in [1.165, 1.54) is 25.7 Å². The zero-order valence-electron chi connectivity index (χ0n) is 11.2. The quantitative estimate of drug-likeness (QED) is 0.763. The molecule has 1 amide bonds. The van der Waals surface area contributed by atoms with Crippen LogP contribution in [-0.4, -0.2) is 23.9 Å². The van der Waals surface area contributed by atoms with Crippen LogP contribution in [0.5, 0.6) is 0 Å². The molecule has 3 heteroatoms. The van der Waals surface area contributed by atoms with Gasteiger partial charge in [-0.05, 0) is 50.2 Å². The smallest absolute Gasteiger partial charge is 0.289 e. The number of hydrogen-bond donors (Lipinski definition) is 0. The van der Waals surface area contributed by atoms with Crippen LogP contribution in [0.1, 0.15) is 47.6 Å². The van der Waals surface area contributed by atoms with Crippen LogP contribution in [0.25, 0.3) is 0 Å². The number of carbonyl (C=O) groups excluding carboxylic acids is 1. The Kier molecular flexibility index (Phi) is 2.92. The highest BCUT2D eigenvalue weighted by atomic mass is 16.4. The van der Waals surface area contributed by atoms with Crippen molar-refractivity contribution >= 4 is 5.91 Å². The summed E-state index contributed by atoms with van der Waals surface area (Å²) in [6, 6.07) is 1.87. The molecule has 2 fully saturated rings. The van der Waals surface area contributed by atoms with Crippen molar-refractivity contribution in [2.75, 3.05) is 13.1 Å². The summed E-state index contributed by atoms with van der Waals surface area (Å²) in [4.78, 5) is 14.4. The first-order valence-corrected chi connectivity index (χ1v) is 7.01. The molecule has 0 radical (unpaired) electrons. The van der Waals surface area contributed by atoms with E-state index in [4.69, 9.17) is 4.42 Å². The molecular formula is C15H21NO2. The summed E-state index contributed by atoms with van der Waals surface area (Å²) in [5.74, 6) is 2.93. The van der Waals surface area contributed by atoms with Gasteiger partial charge in [-0.1, -0.05) is 12.8 Å². The number of amides is 1. The van der Waals surface area contributed by atoms with Crippen LogP contribution in [0, 0.1) is 25.7 Å². The fraction of sp³-hybridized carbons (Fsp3) is 0.667. The Morgan fingerprint density at radius 3 is 2.33 bits per heavy atom. The molecule has 2 heterocycles. The van der Waals surface area contributed by atoms with E-state index < -0.39 is 0 Å². The molecule has 2 atom stereocenters. The van der Waals surface area contributed by atoms with Gasteiger partial charge in [0.2, 0.25) is 0 Å². The second-order valence-electron chi connectivity index (χ2n) is 5.86. The van der Waals surface area contributed by atoms with E-state index in [-0.39, 0.29) is 5.91 Å². The molecule has 1 aromatic heterocycles. The molecule has 1 aliphatic heterocycles. The number of fused-ring (bicyclic) bond motifs is 1. The van der Waals surface area contributed by atoms with Gasteiger partial charge in [-0.3, -0.25) is 4.79 Å². The van der Waals surface area contributed by atoms with Crippen LogP contribution < -0.4 is 0 Å². The number of rotatable bonds is 1. The molecule has 0 N–H and O–H groups in total. The Balaban J connectivity index is 1.74. The first-order valence-electron chi connectivity index (χ1n) is 7.01. The Labute approximate surface area is 108 Å². The van der Waals surface area contributed by atoms with Gasteiger partial charge in [0.05, 0.1) is 0 Å². The first-order chi connectivity index (χ1) is 8.65. The summed E-state index contributed by atoms with van der Waals surface area (Å²) in [5, 5.41) is 0. The van der Waals surface area contributed by atoms with Crippen molar-refractivity contribution in [1.29, 1.82) is 0 Å². The summed E-state index contributed by atoms with van der Waals surface area (Å²) in [5.41, 5.74) is 1.06. The number of hydrogen-bond acceptors (Lipinski definition) is 2. The lowest BCUT2D eigenvalue weighted by Crippen LogP contribution is -2.28. The zero-order valence-corrected chi connectivity index (χ0v) is 11.2. The van der Waals surface area contributed by atoms with E-state index >= 15 is 0 Å². The molecule has 0 spiro atoms. The van der Waals surface area contributed by atoms with Crippen LogP contribution in [0.2, 0.25) is 0 Å². The fourth-order valence-corrected chi connectivity index (χ4v) is 3.41. The average molecular weight is 247 g/mol. The minimum Gasteiger partial charge on any atom is -0.456 e. The second-order valence-corrected chi connectivity index (χ2v) is 5.86. The molecule has 18 heavy (non-hydrogen) atoms. The Bertz CT molecular complexity index is 430. The van der Waals surface area contributed by atoms with Gasteiger partial charge < -0.3 is 9.32 Å². The van der Waals surface area contributed by atoms with Crippen LogP contribution >= 0.6 is 0 Å². The molecule has 1 saturated heterocycles. The minimum absolute atomic E-state index is 0.0839. The molecule has 3 rings (SSSR count). The fourth-order valence-electron chi connectivity index (χ4n) is 3.41. The van der Waals surface area contributed by atoms with Crippen LogP contribution in [0.4, 0.5) is 0 Å². The summed E-state index contributed by atoms with van der Waals surface area (Å²) < 4.78 is 5.55. The van der Waals surface area contributed by atoms with Crippen LogP contribution in [0.3, 0.4) is 0 Å². The van der Waals surface area contributed by atoms with E-state index in [9.17, 15) is 4.79 Å². The summed E-state index contributed by atoms with van der Waals surface area (Å²) >= 11 is 0. The van der Waals surface area contributed by atoms with E-state index in [1.807, 2.05) is 24.8 Å². The lowest BCUT2D eigenvalue weighted by Gasteiger charge is -2.22. The van der Waals surface area contributed by atoms with Gasteiger partial charge >= 0.3 is 0 Å². The highest BCUT2D eigenvalue weighted by molar-refractivity contribution is 5.92. The van der Waals surface area contributed by atoms with Gasteiger partial charge in [-0.25, -0.2) is 0 Å².